The maximum absolute atomic E-state index is 11.3. The highest BCUT2D eigenvalue weighted by molar-refractivity contribution is 7.80. The van der Waals surface area contributed by atoms with Crippen molar-refractivity contribution >= 4 is 23.3 Å². The molecule has 0 amide bonds. The van der Waals surface area contributed by atoms with Gasteiger partial charge in [-0.25, -0.2) is 4.79 Å². The predicted molar refractivity (Wildman–Crippen MR) is 74.5 cm³/mol. The molecule has 2 N–H and O–H groups in total. The number of carbonyl (C=O) groups excluding carboxylic acids is 1. The second kappa shape index (κ2) is 5.54. The molecule has 1 aromatic rings. The molecule has 7 heteroatoms. The largest absolute Gasteiger partial charge is 0.464 e. The molecule has 2 aliphatic rings. The first-order valence-electron chi connectivity index (χ1n) is 6.32. The second-order valence-electron chi connectivity index (χ2n) is 4.52. The molecule has 2 heterocycles. The van der Waals surface area contributed by atoms with E-state index < -0.39 is 0 Å². The zero-order valence-electron chi connectivity index (χ0n) is 10.7. The van der Waals surface area contributed by atoms with Crippen LogP contribution in [0.5, 0.6) is 11.5 Å². The van der Waals surface area contributed by atoms with Crippen molar-refractivity contribution in [2.75, 3.05) is 13.4 Å². The summed E-state index contributed by atoms with van der Waals surface area (Å²) in [6.07, 6.45) is 0.644. The summed E-state index contributed by atoms with van der Waals surface area (Å²) < 4.78 is 15.4. The van der Waals surface area contributed by atoms with Crippen molar-refractivity contribution in [3.63, 3.8) is 0 Å². The van der Waals surface area contributed by atoms with E-state index in [0.29, 0.717) is 24.7 Å². The zero-order chi connectivity index (χ0) is 13.9. The minimum absolute atomic E-state index is 0.253. The fraction of sp³-hybridized carbons (Fsp3) is 0.385. The molecule has 106 valence electrons. The van der Waals surface area contributed by atoms with Crippen molar-refractivity contribution in [1.82, 2.24) is 10.6 Å². The number of benzene rings is 1. The van der Waals surface area contributed by atoms with Crippen LogP contribution in [0.2, 0.25) is 0 Å². The monoisotopic (exact) mass is 294 g/mol. The van der Waals surface area contributed by atoms with Crippen molar-refractivity contribution in [2.24, 2.45) is 0 Å². The van der Waals surface area contributed by atoms with E-state index in [-0.39, 0.29) is 18.8 Å². The van der Waals surface area contributed by atoms with Gasteiger partial charge in [-0.05, 0) is 29.9 Å². The topological polar surface area (TPSA) is 68.8 Å². The Kier molecular flexibility index (Phi) is 3.60. The SMILES string of the molecule is O=C1OCC[C@@H]1NC(=S)NCc1ccc2c(c1)OCO2. The summed E-state index contributed by atoms with van der Waals surface area (Å²) >= 11 is 5.16. The smallest absolute Gasteiger partial charge is 0.328 e. The van der Waals surface area contributed by atoms with Crippen LogP contribution in [0, 0.1) is 0 Å². The van der Waals surface area contributed by atoms with Crippen LogP contribution in [0.1, 0.15) is 12.0 Å². The lowest BCUT2D eigenvalue weighted by Gasteiger charge is -2.13. The average Bonchev–Trinajstić information content (AvgIpc) is 3.05. The zero-order valence-corrected chi connectivity index (χ0v) is 11.5. The first-order chi connectivity index (χ1) is 9.72. The number of hydrogen-bond acceptors (Lipinski definition) is 5. The first kappa shape index (κ1) is 13.0. The van der Waals surface area contributed by atoms with E-state index in [9.17, 15) is 4.79 Å². The molecule has 1 atom stereocenters. The number of nitrogens with one attached hydrogen (secondary N) is 2. The van der Waals surface area contributed by atoms with Crippen LogP contribution in [0.4, 0.5) is 0 Å². The van der Waals surface area contributed by atoms with E-state index in [1.54, 1.807) is 0 Å². The number of hydrogen-bond donors (Lipinski definition) is 2. The molecular weight excluding hydrogens is 280 g/mol. The molecule has 6 nitrogen and oxygen atoms in total. The van der Waals surface area contributed by atoms with Crippen LogP contribution in [0.25, 0.3) is 0 Å². The lowest BCUT2D eigenvalue weighted by molar-refractivity contribution is -0.139. The number of cyclic esters (lactones) is 1. The van der Waals surface area contributed by atoms with Gasteiger partial charge in [0.15, 0.2) is 16.6 Å². The normalized spacial score (nSPS) is 19.6. The fourth-order valence-electron chi connectivity index (χ4n) is 2.07. The highest BCUT2D eigenvalue weighted by atomic mass is 32.1. The molecule has 1 aromatic carbocycles. The highest BCUT2D eigenvalue weighted by Gasteiger charge is 2.26. The Morgan fingerprint density at radius 3 is 2.95 bits per heavy atom. The van der Waals surface area contributed by atoms with Crippen LogP contribution in [0.15, 0.2) is 18.2 Å². The van der Waals surface area contributed by atoms with Crippen molar-refractivity contribution in [2.45, 2.75) is 19.0 Å². The Bertz CT molecular complexity index is 549. The number of thiocarbonyl (C=S) groups is 1. The number of ether oxygens (including phenoxy) is 3. The van der Waals surface area contributed by atoms with Gasteiger partial charge in [-0.3, -0.25) is 0 Å². The molecular formula is C13H14N2O4S. The molecule has 0 saturated carbocycles. The van der Waals surface area contributed by atoms with E-state index in [1.807, 2.05) is 18.2 Å². The fourth-order valence-corrected chi connectivity index (χ4v) is 2.28. The molecule has 0 unspecified atom stereocenters. The van der Waals surface area contributed by atoms with Gasteiger partial charge in [-0.15, -0.1) is 0 Å². The first-order valence-corrected chi connectivity index (χ1v) is 6.73. The third-order valence-corrected chi connectivity index (χ3v) is 3.39. The van der Waals surface area contributed by atoms with Gasteiger partial charge >= 0.3 is 5.97 Å². The highest BCUT2D eigenvalue weighted by Crippen LogP contribution is 2.32. The Morgan fingerprint density at radius 2 is 2.15 bits per heavy atom. The van der Waals surface area contributed by atoms with E-state index >= 15 is 0 Å². The summed E-state index contributed by atoms with van der Waals surface area (Å²) in [5.41, 5.74) is 1.02. The molecule has 0 bridgehead atoms. The molecule has 1 fully saturated rings. The third kappa shape index (κ3) is 2.77. The summed E-state index contributed by atoms with van der Waals surface area (Å²) in [7, 11) is 0. The molecule has 0 aromatic heterocycles. The molecule has 0 radical (unpaired) electrons. The lowest BCUT2D eigenvalue weighted by Crippen LogP contribution is -2.43. The quantitative estimate of drug-likeness (QED) is 0.628. The summed E-state index contributed by atoms with van der Waals surface area (Å²) in [5, 5.41) is 6.43. The summed E-state index contributed by atoms with van der Waals surface area (Å²) in [4.78, 5) is 11.3. The molecule has 20 heavy (non-hydrogen) atoms. The second-order valence-corrected chi connectivity index (χ2v) is 4.93. The van der Waals surface area contributed by atoms with E-state index in [4.69, 9.17) is 26.4 Å². The minimum atomic E-state index is -0.341. The summed E-state index contributed by atoms with van der Waals surface area (Å²) in [6, 6.07) is 5.37. The average molecular weight is 294 g/mol. The van der Waals surface area contributed by atoms with E-state index in [0.717, 1.165) is 17.1 Å². The van der Waals surface area contributed by atoms with E-state index in [1.165, 1.54) is 0 Å². The molecule has 1 saturated heterocycles. The van der Waals surface area contributed by atoms with Crippen LogP contribution in [-0.4, -0.2) is 30.5 Å². The van der Waals surface area contributed by atoms with Crippen molar-refractivity contribution in [3.8, 4) is 11.5 Å². The molecule has 2 aliphatic heterocycles. The number of fused-ring (bicyclic) bond motifs is 1. The predicted octanol–water partition coefficient (Wildman–Crippen LogP) is 0.695. The minimum Gasteiger partial charge on any atom is -0.464 e. The van der Waals surface area contributed by atoms with Crippen molar-refractivity contribution in [3.05, 3.63) is 23.8 Å². The van der Waals surface area contributed by atoms with Crippen LogP contribution < -0.4 is 20.1 Å². The Morgan fingerprint density at radius 1 is 1.30 bits per heavy atom. The number of carbonyl (C=O) groups is 1. The number of esters is 1. The van der Waals surface area contributed by atoms with Gasteiger partial charge < -0.3 is 24.8 Å². The van der Waals surface area contributed by atoms with Crippen LogP contribution in [0.3, 0.4) is 0 Å². The Labute approximate surface area is 121 Å². The van der Waals surface area contributed by atoms with Crippen molar-refractivity contribution < 1.29 is 19.0 Å². The summed E-state index contributed by atoms with van der Waals surface area (Å²) in [5.74, 6) is 1.24. The van der Waals surface area contributed by atoms with Gasteiger partial charge in [-0.1, -0.05) is 6.07 Å². The van der Waals surface area contributed by atoms with Crippen molar-refractivity contribution in [1.29, 1.82) is 0 Å². The van der Waals surface area contributed by atoms with E-state index in [2.05, 4.69) is 10.6 Å². The van der Waals surface area contributed by atoms with Gasteiger partial charge in [0.05, 0.1) is 6.61 Å². The van der Waals surface area contributed by atoms with Crippen LogP contribution in [-0.2, 0) is 16.1 Å². The third-order valence-electron chi connectivity index (χ3n) is 3.13. The maximum atomic E-state index is 11.3. The molecule has 0 spiro atoms. The van der Waals surface area contributed by atoms with Crippen LogP contribution >= 0.6 is 12.2 Å². The molecule has 3 rings (SSSR count). The lowest BCUT2D eigenvalue weighted by atomic mass is 10.2. The van der Waals surface area contributed by atoms with Gasteiger partial charge in [-0.2, -0.15) is 0 Å². The molecule has 0 aliphatic carbocycles. The summed E-state index contributed by atoms with van der Waals surface area (Å²) in [6.45, 7) is 1.25. The van der Waals surface area contributed by atoms with Gasteiger partial charge in [0.25, 0.3) is 0 Å². The Hall–Kier alpha value is -2.02. The Balaban J connectivity index is 1.51. The van der Waals surface area contributed by atoms with Gasteiger partial charge in [0.2, 0.25) is 6.79 Å². The standard InChI is InChI=1S/C13H14N2O4S/c16-12-9(3-4-17-12)15-13(20)14-6-8-1-2-10-11(5-8)19-7-18-10/h1-2,5,9H,3-4,6-7H2,(H2,14,15,20)/t9-/m0/s1. The number of rotatable bonds is 3. The van der Waals surface area contributed by atoms with Gasteiger partial charge in [0.1, 0.15) is 6.04 Å². The maximum Gasteiger partial charge on any atom is 0.328 e. The van der Waals surface area contributed by atoms with Gasteiger partial charge in [0, 0.05) is 13.0 Å².